The highest BCUT2D eigenvalue weighted by Crippen LogP contribution is 2.24. The molecule has 0 atom stereocenters. The fourth-order valence-corrected chi connectivity index (χ4v) is 0.716. The van der Waals surface area contributed by atoms with E-state index in [1.807, 2.05) is 0 Å². The van der Waals surface area contributed by atoms with Crippen molar-refractivity contribution in [2.24, 2.45) is 0 Å². The summed E-state index contributed by atoms with van der Waals surface area (Å²) in [5.41, 5.74) is -5.36. The van der Waals surface area contributed by atoms with Crippen LogP contribution >= 0.6 is 0 Å². The van der Waals surface area contributed by atoms with E-state index in [-0.39, 0.29) is 0 Å². The normalized spacial score (nSPS) is 14.0. The maximum Gasteiger partial charge on any atom is 0.524 e. The lowest BCUT2D eigenvalue weighted by atomic mass is 11.2. The highest BCUT2D eigenvalue weighted by atomic mass is 32.2. The van der Waals surface area contributed by atoms with Gasteiger partial charge < -0.3 is 0 Å². The molecular formula is C3H6F3NO3S. The van der Waals surface area contributed by atoms with Crippen molar-refractivity contribution in [3.63, 3.8) is 0 Å². The number of halogens is 3. The monoisotopic (exact) mass is 193 g/mol. The molecule has 4 nitrogen and oxygen atoms in total. The van der Waals surface area contributed by atoms with Gasteiger partial charge in [0.15, 0.2) is 0 Å². The molecule has 0 aliphatic rings. The van der Waals surface area contributed by atoms with E-state index in [0.717, 1.165) is 14.1 Å². The fraction of sp³-hybridized carbons (Fsp3) is 1.00. The zero-order chi connectivity index (χ0) is 9.28. The molecule has 0 aromatic heterocycles. The molecule has 68 valence electrons. The SMILES string of the molecule is CN(C)OS(=O)(=O)C(F)(F)F. The summed E-state index contributed by atoms with van der Waals surface area (Å²) in [5.74, 6) is 0. The van der Waals surface area contributed by atoms with Gasteiger partial charge in [0.05, 0.1) is 0 Å². The molecule has 0 spiro atoms. The zero-order valence-corrected chi connectivity index (χ0v) is 6.53. The third-order valence-corrected chi connectivity index (χ3v) is 1.59. The van der Waals surface area contributed by atoms with Gasteiger partial charge in [0, 0.05) is 14.1 Å². The Morgan fingerprint density at radius 2 is 1.64 bits per heavy atom. The van der Waals surface area contributed by atoms with Gasteiger partial charge in [-0.15, -0.1) is 0 Å². The van der Waals surface area contributed by atoms with Crippen molar-refractivity contribution in [2.75, 3.05) is 14.1 Å². The van der Waals surface area contributed by atoms with Gasteiger partial charge in [-0.1, -0.05) is 0 Å². The van der Waals surface area contributed by atoms with Crippen LogP contribution in [-0.4, -0.2) is 33.1 Å². The first-order valence-corrected chi connectivity index (χ1v) is 3.76. The molecular weight excluding hydrogens is 187 g/mol. The summed E-state index contributed by atoms with van der Waals surface area (Å²) in [6.45, 7) is 0. The Kier molecular flexibility index (Phi) is 2.86. The smallest absolute Gasteiger partial charge is 0.188 e. The van der Waals surface area contributed by atoms with E-state index in [2.05, 4.69) is 4.28 Å². The summed E-state index contributed by atoms with van der Waals surface area (Å²) in [7, 11) is -3.41. The number of hydrogen-bond acceptors (Lipinski definition) is 4. The lowest BCUT2D eigenvalue weighted by Crippen LogP contribution is -2.30. The van der Waals surface area contributed by atoms with Crippen LogP contribution < -0.4 is 0 Å². The minimum Gasteiger partial charge on any atom is -0.188 e. The van der Waals surface area contributed by atoms with Crippen LogP contribution in [0.15, 0.2) is 0 Å². The van der Waals surface area contributed by atoms with Crippen LogP contribution in [-0.2, 0) is 14.4 Å². The maximum atomic E-state index is 11.5. The van der Waals surface area contributed by atoms with Gasteiger partial charge in [-0.05, 0) is 0 Å². The standard InChI is InChI=1S/C3H6F3NO3S/c1-7(2)10-11(8,9)3(4,5)6/h1-2H3. The Bertz CT molecular complexity index is 218. The second-order valence-electron chi connectivity index (χ2n) is 1.79. The molecule has 0 aliphatic heterocycles. The van der Waals surface area contributed by atoms with Gasteiger partial charge >= 0.3 is 15.6 Å². The van der Waals surface area contributed by atoms with Crippen molar-refractivity contribution >= 4 is 10.1 Å². The third kappa shape index (κ3) is 3.04. The Morgan fingerprint density at radius 3 is 1.73 bits per heavy atom. The first-order valence-electron chi connectivity index (χ1n) is 2.35. The number of alkyl halides is 3. The summed E-state index contributed by atoms with van der Waals surface area (Å²) < 4.78 is 58.0. The molecule has 0 fully saturated rings. The van der Waals surface area contributed by atoms with Gasteiger partial charge in [0.1, 0.15) is 0 Å². The molecule has 11 heavy (non-hydrogen) atoms. The van der Waals surface area contributed by atoms with Crippen molar-refractivity contribution in [1.82, 2.24) is 5.06 Å². The first-order chi connectivity index (χ1) is 4.67. The Hall–Kier alpha value is -0.340. The van der Waals surface area contributed by atoms with E-state index in [1.165, 1.54) is 0 Å². The van der Waals surface area contributed by atoms with Crippen molar-refractivity contribution in [3.8, 4) is 0 Å². The van der Waals surface area contributed by atoms with Crippen LogP contribution in [0.1, 0.15) is 0 Å². The minimum absolute atomic E-state index is 0.447. The average Bonchev–Trinajstić information content (AvgIpc) is 1.56. The minimum atomic E-state index is -5.47. The molecule has 0 saturated heterocycles. The highest BCUT2D eigenvalue weighted by Gasteiger charge is 2.48. The van der Waals surface area contributed by atoms with Crippen LogP contribution in [0.25, 0.3) is 0 Å². The summed E-state index contributed by atoms with van der Waals surface area (Å²) >= 11 is 0. The van der Waals surface area contributed by atoms with E-state index in [0.29, 0.717) is 5.06 Å². The number of hydrogen-bond donors (Lipinski definition) is 0. The maximum absolute atomic E-state index is 11.5. The summed E-state index contributed by atoms with van der Waals surface area (Å²) in [5, 5.41) is 0.447. The summed E-state index contributed by atoms with van der Waals surface area (Å²) in [4.78, 5) is 0. The van der Waals surface area contributed by atoms with Gasteiger partial charge in [-0.25, -0.2) is 0 Å². The number of hydroxylamine groups is 2. The lowest BCUT2D eigenvalue weighted by Gasteiger charge is -2.11. The first kappa shape index (κ1) is 10.7. The Balaban J connectivity index is 4.51. The van der Waals surface area contributed by atoms with E-state index < -0.39 is 15.6 Å². The topological polar surface area (TPSA) is 46.6 Å². The molecule has 0 bridgehead atoms. The second kappa shape index (κ2) is 2.95. The van der Waals surface area contributed by atoms with Crippen LogP contribution in [0.5, 0.6) is 0 Å². The van der Waals surface area contributed by atoms with Gasteiger partial charge in [0.2, 0.25) is 0 Å². The number of nitrogens with zero attached hydrogens (tertiary/aromatic N) is 1. The van der Waals surface area contributed by atoms with Crippen LogP contribution in [0.3, 0.4) is 0 Å². The van der Waals surface area contributed by atoms with Crippen LogP contribution in [0.2, 0.25) is 0 Å². The molecule has 0 N–H and O–H groups in total. The van der Waals surface area contributed by atoms with Gasteiger partial charge in [-0.3, -0.25) is 0 Å². The lowest BCUT2D eigenvalue weighted by molar-refractivity contribution is -0.0820. The van der Waals surface area contributed by atoms with E-state index >= 15 is 0 Å². The molecule has 8 heteroatoms. The largest absolute Gasteiger partial charge is 0.524 e. The van der Waals surface area contributed by atoms with E-state index in [4.69, 9.17) is 0 Å². The molecule has 0 rings (SSSR count). The molecule has 0 radical (unpaired) electrons. The molecule has 0 aromatic carbocycles. The summed E-state index contributed by atoms with van der Waals surface area (Å²) in [6.07, 6.45) is 0. The Morgan fingerprint density at radius 1 is 1.27 bits per heavy atom. The van der Waals surface area contributed by atoms with Crippen molar-refractivity contribution in [3.05, 3.63) is 0 Å². The summed E-state index contributed by atoms with van der Waals surface area (Å²) in [6, 6.07) is 0. The van der Waals surface area contributed by atoms with Crippen LogP contribution in [0, 0.1) is 0 Å². The molecule has 0 unspecified atom stereocenters. The zero-order valence-electron chi connectivity index (χ0n) is 5.71. The van der Waals surface area contributed by atoms with Crippen molar-refractivity contribution in [1.29, 1.82) is 0 Å². The number of rotatable bonds is 2. The second-order valence-corrected chi connectivity index (χ2v) is 3.31. The van der Waals surface area contributed by atoms with E-state index in [9.17, 15) is 21.6 Å². The molecule has 0 amide bonds. The van der Waals surface area contributed by atoms with Gasteiger partial charge in [0.25, 0.3) is 0 Å². The fourth-order valence-electron chi connectivity index (χ4n) is 0.239. The molecule has 0 heterocycles. The van der Waals surface area contributed by atoms with Crippen molar-refractivity contribution < 1.29 is 25.9 Å². The average molecular weight is 193 g/mol. The predicted octanol–water partition coefficient (Wildman–Crippen LogP) is 0.329. The quantitative estimate of drug-likeness (QED) is 0.468. The van der Waals surface area contributed by atoms with Gasteiger partial charge in [-0.2, -0.15) is 30.9 Å². The van der Waals surface area contributed by atoms with Crippen molar-refractivity contribution in [2.45, 2.75) is 5.51 Å². The van der Waals surface area contributed by atoms with E-state index in [1.54, 1.807) is 0 Å². The Labute approximate surface area is 61.6 Å². The highest BCUT2D eigenvalue weighted by molar-refractivity contribution is 7.87. The third-order valence-electron chi connectivity index (χ3n) is 0.531. The predicted molar refractivity (Wildman–Crippen MR) is 29.7 cm³/mol. The molecule has 0 aliphatic carbocycles. The molecule has 0 saturated carbocycles. The molecule has 0 aromatic rings. The van der Waals surface area contributed by atoms with Crippen LogP contribution in [0.4, 0.5) is 13.2 Å².